The molecule has 0 unspecified atom stereocenters. The lowest BCUT2D eigenvalue weighted by Gasteiger charge is -2.09. The van der Waals surface area contributed by atoms with Gasteiger partial charge in [-0.15, -0.1) is 0 Å². The Morgan fingerprint density at radius 3 is 2.76 bits per heavy atom. The van der Waals surface area contributed by atoms with Gasteiger partial charge in [-0.25, -0.2) is 9.97 Å². The Morgan fingerprint density at radius 2 is 1.94 bits per heavy atom. The van der Waals surface area contributed by atoms with Crippen LogP contribution in [0.25, 0.3) is 11.3 Å². The zero-order valence-corrected chi connectivity index (χ0v) is 10.3. The van der Waals surface area contributed by atoms with Crippen LogP contribution in [-0.2, 0) is 12.8 Å². The van der Waals surface area contributed by atoms with Crippen molar-refractivity contribution in [1.82, 2.24) is 9.97 Å². The van der Waals surface area contributed by atoms with Crippen molar-refractivity contribution in [2.75, 3.05) is 0 Å². The summed E-state index contributed by atoms with van der Waals surface area (Å²) in [6, 6.07) is 8.58. The maximum Gasteiger partial charge on any atom is 0.126 e. The largest absolute Gasteiger partial charge is 0.238 e. The molecule has 0 amide bonds. The standard InChI is InChI=1S/C15H16N2/c1-10-5-3-6-12(9-10)15-13-7-4-8-14(13)16-11(2)17-15/h3,5-6,9H,4,7-8H2,1-2H3. The minimum absolute atomic E-state index is 0.891. The van der Waals surface area contributed by atoms with Gasteiger partial charge >= 0.3 is 0 Å². The molecule has 2 aromatic rings. The first-order valence-electron chi connectivity index (χ1n) is 6.17. The summed E-state index contributed by atoms with van der Waals surface area (Å²) in [4.78, 5) is 9.20. The van der Waals surface area contributed by atoms with E-state index < -0.39 is 0 Å². The average molecular weight is 224 g/mol. The van der Waals surface area contributed by atoms with Crippen LogP contribution >= 0.6 is 0 Å². The molecule has 0 fully saturated rings. The molecule has 2 nitrogen and oxygen atoms in total. The summed E-state index contributed by atoms with van der Waals surface area (Å²) >= 11 is 0. The first-order chi connectivity index (χ1) is 8.24. The van der Waals surface area contributed by atoms with Gasteiger partial charge < -0.3 is 0 Å². The molecule has 17 heavy (non-hydrogen) atoms. The van der Waals surface area contributed by atoms with E-state index in [-0.39, 0.29) is 0 Å². The number of fused-ring (bicyclic) bond motifs is 1. The van der Waals surface area contributed by atoms with Crippen molar-refractivity contribution in [3.8, 4) is 11.3 Å². The van der Waals surface area contributed by atoms with Gasteiger partial charge in [0.15, 0.2) is 0 Å². The number of hydrogen-bond donors (Lipinski definition) is 0. The highest BCUT2D eigenvalue weighted by molar-refractivity contribution is 5.65. The highest BCUT2D eigenvalue weighted by Crippen LogP contribution is 2.30. The Kier molecular flexibility index (Phi) is 2.43. The molecule has 3 rings (SSSR count). The van der Waals surface area contributed by atoms with Gasteiger partial charge in [-0.2, -0.15) is 0 Å². The van der Waals surface area contributed by atoms with Crippen molar-refractivity contribution >= 4 is 0 Å². The third kappa shape index (κ3) is 1.84. The normalized spacial score (nSPS) is 13.8. The first-order valence-corrected chi connectivity index (χ1v) is 6.17. The van der Waals surface area contributed by atoms with Gasteiger partial charge in [-0.05, 0) is 39.2 Å². The van der Waals surface area contributed by atoms with Gasteiger partial charge in [0, 0.05) is 16.8 Å². The second-order valence-corrected chi connectivity index (χ2v) is 4.77. The topological polar surface area (TPSA) is 25.8 Å². The Morgan fingerprint density at radius 1 is 1.06 bits per heavy atom. The summed E-state index contributed by atoms with van der Waals surface area (Å²) in [7, 11) is 0. The SMILES string of the molecule is Cc1cccc(-c2nc(C)nc3c2CCC3)c1. The molecular formula is C15H16N2. The van der Waals surface area contributed by atoms with E-state index in [1.807, 2.05) is 6.92 Å². The predicted molar refractivity (Wildman–Crippen MR) is 69.0 cm³/mol. The Bertz CT molecular complexity index is 573. The number of aryl methyl sites for hydroxylation is 3. The van der Waals surface area contributed by atoms with Gasteiger partial charge in [-0.3, -0.25) is 0 Å². The van der Waals surface area contributed by atoms with E-state index >= 15 is 0 Å². The quantitative estimate of drug-likeness (QED) is 0.743. The third-order valence-electron chi connectivity index (χ3n) is 3.34. The summed E-state index contributed by atoms with van der Waals surface area (Å²) in [5.41, 5.74) is 6.28. The Hall–Kier alpha value is -1.70. The monoisotopic (exact) mass is 224 g/mol. The van der Waals surface area contributed by atoms with Crippen molar-refractivity contribution in [2.24, 2.45) is 0 Å². The Labute approximate surface area is 102 Å². The van der Waals surface area contributed by atoms with Crippen LogP contribution in [0, 0.1) is 13.8 Å². The summed E-state index contributed by atoms with van der Waals surface area (Å²) in [6.07, 6.45) is 3.45. The minimum Gasteiger partial charge on any atom is -0.238 e. The predicted octanol–water partition coefficient (Wildman–Crippen LogP) is 3.25. The van der Waals surface area contributed by atoms with Crippen molar-refractivity contribution in [3.05, 3.63) is 46.9 Å². The highest BCUT2D eigenvalue weighted by atomic mass is 14.9. The maximum atomic E-state index is 4.65. The van der Waals surface area contributed by atoms with Crippen LogP contribution in [0.5, 0.6) is 0 Å². The molecule has 1 aliphatic carbocycles. The maximum absolute atomic E-state index is 4.65. The zero-order valence-electron chi connectivity index (χ0n) is 10.3. The van der Waals surface area contributed by atoms with E-state index in [2.05, 4.69) is 41.2 Å². The van der Waals surface area contributed by atoms with Crippen LogP contribution in [0.1, 0.15) is 29.1 Å². The van der Waals surface area contributed by atoms with Crippen LogP contribution in [0.4, 0.5) is 0 Å². The summed E-state index contributed by atoms with van der Waals surface area (Å²) < 4.78 is 0. The van der Waals surface area contributed by atoms with Gasteiger partial charge in [0.2, 0.25) is 0 Å². The third-order valence-corrected chi connectivity index (χ3v) is 3.34. The molecule has 1 heterocycles. The van der Waals surface area contributed by atoms with Crippen LogP contribution in [0.3, 0.4) is 0 Å². The number of benzene rings is 1. The first kappa shape index (κ1) is 10.5. The van der Waals surface area contributed by atoms with E-state index in [0.29, 0.717) is 0 Å². The molecule has 1 aromatic heterocycles. The number of nitrogens with zero attached hydrogens (tertiary/aromatic N) is 2. The molecule has 2 heteroatoms. The second-order valence-electron chi connectivity index (χ2n) is 4.77. The summed E-state index contributed by atoms with van der Waals surface area (Å²) in [6.45, 7) is 4.11. The molecule has 0 spiro atoms. The number of hydrogen-bond acceptors (Lipinski definition) is 2. The molecule has 1 aliphatic rings. The fraction of sp³-hybridized carbons (Fsp3) is 0.333. The number of rotatable bonds is 1. The van der Waals surface area contributed by atoms with Crippen LogP contribution < -0.4 is 0 Å². The highest BCUT2D eigenvalue weighted by Gasteiger charge is 2.19. The lowest BCUT2D eigenvalue weighted by molar-refractivity contribution is 0.895. The smallest absolute Gasteiger partial charge is 0.126 e. The van der Waals surface area contributed by atoms with Gasteiger partial charge in [0.25, 0.3) is 0 Å². The molecule has 0 saturated carbocycles. The molecule has 0 bridgehead atoms. The van der Waals surface area contributed by atoms with E-state index in [0.717, 1.165) is 24.4 Å². The van der Waals surface area contributed by atoms with Crippen LogP contribution in [0.2, 0.25) is 0 Å². The van der Waals surface area contributed by atoms with Crippen molar-refractivity contribution in [1.29, 1.82) is 0 Å². The molecule has 0 N–H and O–H groups in total. The lowest BCUT2D eigenvalue weighted by Crippen LogP contribution is -1.99. The van der Waals surface area contributed by atoms with E-state index in [1.54, 1.807) is 0 Å². The van der Waals surface area contributed by atoms with Gasteiger partial charge in [0.1, 0.15) is 5.82 Å². The van der Waals surface area contributed by atoms with E-state index in [9.17, 15) is 0 Å². The molecule has 0 atom stereocenters. The average Bonchev–Trinajstić information content (AvgIpc) is 2.75. The van der Waals surface area contributed by atoms with Gasteiger partial charge in [0.05, 0.1) is 5.69 Å². The zero-order chi connectivity index (χ0) is 11.8. The lowest BCUT2D eigenvalue weighted by atomic mass is 10.0. The van der Waals surface area contributed by atoms with Crippen molar-refractivity contribution in [2.45, 2.75) is 33.1 Å². The van der Waals surface area contributed by atoms with Crippen molar-refractivity contribution < 1.29 is 0 Å². The molecule has 86 valence electrons. The van der Waals surface area contributed by atoms with Gasteiger partial charge in [-0.1, -0.05) is 23.8 Å². The second kappa shape index (κ2) is 3.95. The fourth-order valence-electron chi connectivity index (χ4n) is 2.59. The van der Waals surface area contributed by atoms with Crippen LogP contribution in [-0.4, -0.2) is 9.97 Å². The summed E-state index contributed by atoms with van der Waals surface area (Å²) in [5.74, 6) is 0.891. The minimum atomic E-state index is 0.891. The molecule has 0 radical (unpaired) electrons. The van der Waals surface area contributed by atoms with E-state index in [1.165, 1.54) is 28.8 Å². The van der Waals surface area contributed by atoms with E-state index in [4.69, 9.17) is 0 Å². The summed E-state index contributed by atoms with van der Waals surface area (Å²) in [5, 5.41) is 0. The van der Waals surface area contributed by atoms with Crippen LogP contribution in [0.15, 0.2) is 24.3 Å². The molecule has 0 saturated heterocycles. The molecule has 0 aliphatic heterocycles. The number of aromatic nitrogens is 2. The molecule has 1 aromatic carbocycles. The van der Waals surface area contributed by atoms with Crippen molar-refractivity contribution in [3.63, 3.8) is 0 Å². The molecular weight excluding hydrogens is 208 g/mol. The Balaban J connectivity index is 2.21. The fourth-order valence-corrected chi connectivity index (χ4v) is 2.59.